The molecule has 0 fully saturated rings. The van der Waals surface area contributed by atoms with E-state index >= 15 is 0 Å². The smallest absolute Gasteiger partial charge is 0.327 e. The molecule has 19 heavy (non-hydrogen) atoms. The van der Waals surface area contributed by atoms with E-state index in [1.807, 2.05) is 0 Å². The van der Waals surface area contributed by atoms with Gasteiger partial charge < -0.3 is 15.9 Å². The van der Waals surface area contributed by atoms with Gasteiger partial charge in [-0.1, -0.05) is 0 Å². The number of thiol groups is 1. The molecule has 0 radical (unpaired) electrons. The number of hydrogen-bond acceptors (Lipinski definition) is 6. The highest BCUT2D eigenvalue weighted by Crippen LogP contribution is 2.08. The van der Waals surface area contributed by atoms with Crippen LogP contribution in [-0.4, -0.2) is 56.7 Å². The van der Waals surface area contributed by atoms with Crippen molar-refractivity contribution in [3.63, 3.8) is 0 Å². The van der Waals surface area contributed by atoms with Crippen molar-refractivity contribution < 1.29 is 29.4 Å². The lowest BCUT2D eigenvalue weighted by molar-refractivity contribution is -0.156. The minimum Gasteiger partial charge on any atom is -0.481 e. The monoisotopic (exact) mass is 292 g/mol. The second kappa shape index (κ2) is 7.74. The zero-order valence-corrected chi connectivity index (χ0v) is 11.2. The number of rotatable bonds is 7. The lowest BCUT2D eigenvalue weighted by atomic mass is 10.1. The minimum absolute atomic E-state index is 0.184. The Hall–Kier alpha value is -1.61. The van der Waals surface area contributed by atoms with Gasteiger partial charge in [-0.2, -0.15) is 12.6 Å². The summed E-state index contributed by atoms with van der Waals surface area (Å²) in [6.45, 7) is 1.03. The highest BCUT2D eigenvalue weighted by Gasteiger charge is 2.34. The molecule has 0 heterocycles. The average molecular weight is 292 g/mol. The van der Waals surface area contributed by atoms with Crippen LogP contribution in [0.5, 0.6) is 0 Å². The highest BCUT2D eigenvalue weighted by molar-refractivity contribution is 7.80. The molecule has 0 aromatic heterocycles. The van der Waals surface area contributed by atoms with Crippen LogP contribution in [0.3, 0.4) is 0 Å². The number of aliphatic carboxylic acids is 2. The topological polar surface area (TPSA) is 138 Å². The Kier molecular flexibility index (Phi) is 7.09. The number of nitrogens with two attached hydrogens (primary N) is 1. The molecule has 0 saturated carbocycles. The van der Waals surface area contributed by atoms with Gasteiger partial charge in [0.25, 0.3) is 0 Å². The van der Waals surface area contributed by atoms with Crippen LogP contribution in [0.25, 0.3) is 0 Å². The Bertz CT molecular complexity index is 386. The molecule has 4 N–H and O–H groups in total. The maximum absolute atomic E-state index is 11.9. The first kappa shape index (κ1) is 17.4. The lowest BCUT2D eigenvalue weighted by Crippen LogP contribution is -2.54. The van der Waals surface area contributed by atoms with Crippen LogP contribution in [0.2, 0.25) is 0 Å². The molecule has 2 amide bonds. The molecule has 108 valence electrons. The third-order valence-electron chi connectivity index (χ3n) is 2.33. The van der Waals surface area contributed by atoms with Crippen molar-refractivity contribution in [1.82, 2.24) is 4.90 Å². The summed E-state index contributed by atoms with van der Waals surface area (Å²) in [6.07, 6.45) is -0.534. The number of carboxylic acids is 2. The summed E-state index contributed by atoms with van der Waals surface area (Å²) in [6, 6.07) is -2.68. The average Bonchev–Trinajstić information content (AvgIpc) is 2.30. The second-order valence-corrected chi connectivity index (χ2v) is 4.17. The van der Waals surface area contributed by atoms with Crippen molar-refractivity contribution in [2.45, 2.75) is 31.8 Å². The van der Waals surface area contributed by atoms with Crippen LogP contribution in [0.4, 0.5) is 0 Å². The third kappa shape index (κ3) is 5.26. The molecule has 0 rings (SSSR count). The van der Waals surface area contributed by atoms with E-state index in [0.29, 0.717) is 4.90 Å². The van der Waals surface area contributed by atoms with Crippen molar-refractivity contribution >= 4 is 36.4 Å². The summed E-state index contributed by atoms with van der Waals surface area (Å²) in [5, 5.41) is 17.4. The van der Waals surface area contributed by atoms with E-state index in [9.17, 15) is 19.2 Å². The minimum atomic E-state index is -1.43. The Balaban J connectivity index is 4.98. The van der Waals surface area contributed by atoms with Crippen LogP contribution in [0, 0.1) is 0 Å². The molecule has 0 spiro atoms. The number of nitrogens with zero attached hydrogens (tertiary/aromatic N) is 1. The molecule has 0 aliphatic heterocycles. The van der Waals surface area contributed by atoms with Crippen molar-refractivity contribution in [2.75, 3.05) is 5.75 Å². The fourth-order valence-corrected chi connectivity index (χ4v) is 1.70. The standard InChI is InChI=1S/C10H16N2O6S/c1-5(13)12(7(4-19)10(17)18)9(16)6(11)2-3-8(14)15/h6-7,19H,2-4,11H2,1H3,(H,14,15)(H,17,18)/t6-,7-/m0/s1. The summed E-state index contributed by atoms with van der Waals surface area (Å²) >= 11 is 3.77. The fourth-order valence-electron chi connectivity index (χ4n) is 1.38. The van der Waals surface area contributed by atoms with Gasteiger partial charge in [-0.15, -0.1) is 0 Å². The summed E-state index contributed by atoms with van der Waals surface area (Å²) in [4.78, 5) is 45.1. The van der Waals surface area contributed by atoms with E-state index in [4.69, 9.17) is 15.9 Å². The van der Waals surface area contributed by atoms with E-state index in [-0.39, 0.29) is 18.6 Å². The quantitative estimate of drug-likeness (QED) is 0.438. The summed E-state index contributed by atoms with van der Waals surface area (Å²) < 4.78 is 0. The zero-order chi connectivity index (χ0) is 15.2. The molecule has 0 saturated heterocycles. The van der Waals surface area contributed by atoms with Crippen LogP contribution in [0.15, 0.2) is 0 Å². The first-order valence-corrected chi connectivity index (χ1v) is 6.00. The number of amides is 2. The van der Waals surface area contributed by atoms with Gasteiger partial charge >= 0.3 is 11.9 Å². The van der Waals surface area contributed by atoms with E-state index in [2.05, 4.69) is 12.6 Å². The Morgan fingerprint density at radius 3 is 2.11 bits per heavy atom. The number of imide groups is 1. The van der Waals surface area contributed by atoms with Gasteiger partial charge in [-0.05, 0) is 6.42 Å². The molecule has 2 atom stereocenters. The molecule has 9 heteroatoms. The fraction of sp³-hybridized carbons (Fsp3) is 0.600. The Labute approximate surface area is 115 Å². The van der Waals surface area contributed by atoms with Gasteiger partial charge in [0.15, 0.2) is 0 Å². The van der Waals surface area contributed by atoms with Gasteiger partial charge in [0.05, 0.1) is 6.04 Å². The Morgan fingerprint density at radius 1 is 1.26 bits per heavy atom. The normalized spacial score (nSPS) is 13.4. The molecule has 0 aliphatic rings. The van der Waals surface area contributed by atoms with Crippen molar-refractivity contribution in [3.05, 3.63) is 0 Å². The predicted molar refractivity (Wildman–Crippen MR) is 67.6 cm³/mol. The number of carbonyl (C=O) groups excluding carboxylic acids is 2. The molecular formula is C10H16N2O6S. The molecule has 8 nitrogen and oxygen atoms in total. The second-order valence-electron chi connectivity index (χ2n) is 3.80. The van der Waals surface area contributed by atoms with Gasteiger partial charge in [-0.3, -0.25) is 19.3 Å². The summed E-state index contributed by atoms with van der Waals surface area (Å²) in [5.74, 6) is -4.48. The van der Waals surface area contributed by atoms with E-state index in [0.717, 1.165) is 6.92 Å². The highest BCUT2D eigenvalue weighted by atomic mass is 32.1. The SMILES string of the molecule is CC(=O)N(C(=O)[C@@H](N)CCC(=O)O)[C@@H](CS)C(=O)O. The van der Waals surface area contributed by atoms with Gasteiger partial charge in [-0.25, -0.2) is 4.79 Å². The largest absolute Gasteiger partial charge is 0.481 e. The molecular weight excluding hydrogens is 276 g/mol. The summed E-state index contributed by atoms with van der Waals surface area (Å²) in [5.41, 5.74) is 5.47. The van der Waals surface area contributed by atoms with E-state index in [1.54, 1.807) is 0 Å². The van der Waals surface area contributed by atoms with Crippen LogP contribution in [0.1, 0.15) is 19.8 Å². The number of carbonyl (C=O) groups is 4. The lowest BCUT2D eigenvalue weighted by Gasteiger charge is -2.27. The first-order valence-electron chi connectivity index (χ1n) is 5.37. The number of carboxylic acid groups (broad SMARTS) is 2. The first-order chi connectivity index (χ1) is 8.72. The van der Waals surface area contributed by atoms with E-state index < -0.39 is 35.8 Å². The molecule has 0 aliphatic carbocycles. The molecule has 0 bridgehead atoms. The molecule has 0 aromatic carbocycles. The van der Waals surface area contributed by atoms with Gasteiger partial charge in [0.1, 0.15) is 6.04 Å². The number of hydrogen-bond donors (Lipinski definition) is 4. The maximum Gasteiger partial charge on any atom is 0.327 e. The third-order valence-corrected chi connectivity index (χ3v) is 2.68. The summed E-state index contributed by atoms with van der Waals surface area (Å²) in [7, 11) is 0. The van der Waals surface area contributed by atoms with Crippen molar-refractivity contribution in [1.29, 1.82) is 0 Å². The van der Waals surface area contributed by atoms with Crippen LogP contribution in [-0.2, 0) is 19.2 Å². The van der Waals surface area contributed by atoms with Gasteiger partial charge in [0.2, 0.25) is 11.8 Å². The van der Waals surface area contributed by atoms with Crippen LogP contribution >= 0.6 is 12.6 Å². The van der Waals surface area contributed by atoms with Crippen molar-refractivity contribution in [3.8, 4) is 0 Å². The molecule has 0 unspecified atom stereocenters. The van der Waals surface area contributed by atoms with Crippen molar-refractivity contribution in [2.24, 2.45) is 5.73 Å². The van der Waals surface area contributed by atoms with E-state index in [1.165, 1.54) is 0 Å². The molecule has 0 aromatic rings. The Morgan fingerprint density at radius 2 is 1.79 bits per heavy atom. The maximum atomic E-state index is 11.9. The van der Waals surface area contributed by atoms with Crippen LogP contribution < -0.4 is 5.73 Å². The zero-order valence-electron chi connectivity index (χ0n) is 10.3. The van der Waals surface area contributed by atoms with Gasteiger partial charge in [0, 0.05) is 19.1 Å². The predicted octanol–water partition coefficient (Wildman–Crippen LogP) is -1.06.